The van der Waals surface area contributed by atoms with Gasteiger partial charge in [-0.15, -0.1) is 0 Å². The van der Waals surface area contributed by atoms with E-state index in [9.17, 15) is 4.79 Å². The predicted molar refractivity (Wildman–Crippen MR) is 73.2 cm³/mol. The molecule has 0 aliphatic heterocycles. The van der Waals surface area contributed by atoms with E-state index in [0.717, 1.165) is 30.8 Å². The molecular weight excluding hydrogens is 224 g/mol. The molecule has 2 heteroatoms. The molecule has 0 aromatic carbocycles. The average Bonchev–Trinajstić information content (AvgIpc) is 2.37. The number of hydrogen-bond acceptors (Lipinski definition) is 2. The summed E-state index contributed by atoms with van der Waals surface area (Å²) >= 11 is 0. The molecule has 2 aliphatic carbocycles. The molecule has 0 aromatic rings. The highest BCUT2D eigenvalue weighted by Gasteiger charge is 2.34. The van der Waals surface area contributed by atoms with Gasteiger partial charge in [0.05, 0.1) is 6.61 Å². The monoisotopic (exact) mass is 250 g/mol. The maximum atomic E-state index is 12.2. The smallest absolute Gasteiger partial charge is 0.167 e. The molecule has 1 fully saturated rings. The van der Waals surface area contributed by atoms with Gasteiger partial charge in [0.2, 0.25) is 0 Å². The van der Waals surface area contributed by atoms with Gasteiger partial charge in [-0.25, -0.2) is 0 Å². The first-order chi connectivity index (χ1) is 8.50. The predicted octanol–water partition coefficient (Wildman–Crippen LogP) is 4.25. The van der Waals surface area contributed by atoms with Crippen LogP contribution in [0.3, 0.4) is 0 Å². The molecule has 0 heterocycles. The summed E-state index contributed by atoms with van der Waals surface area (Å²) in [5.41, 5.74) is 0.670. The summed E-state index contributed by atoms with van der Waals surface area (Å²) in [5.74, 6) is 1.95. The van der Waals surface area contributed by atoms with Crippen molar-refractivity contribution in [3.63, 3.8) is 0 Å². The van der Waals surface area contributed by atoms with Crippen LogP contribution in [0.5, 0.6) is 0 Å². The van der Waals surface area contributed by atoms with Gasteiger partial charge >= 0.3 is 0 Å². The second kappa shape index (κ2) is 5.46. The minimum absolute atomic E-state index is 0.193. The fourth-order valence-corrected chi connectivity index (χ4v) is 3.11. The molecule has 0 amide bonds. The van der Waals surface area contributed by atoms with Crippen molar-refractivity contribution in [2.24, 2.45) is 11.3 Å². The number of Topliss-reactive ketones (excluding diaryl/α,β-unsaturated/α-hetero) is 1. The zero-order chi connectivity index (χ0) is 13.2. The molecule has 0 spiro atoms. The minimum Gasteiger partial charge on any atom is -0.497 e. The summed E-state index contributed by atoms with van der Waals surface area (Å²) in [7, 11) is 0. The SMILES string of the molecule is CC1=C(OCC2CCCCC2)CCC(C)(C)C1=O. The highest BCUT2D eigenvalue weighted by atomic mass is 16.5. The second-order valence-electron chi connectivity index (χ2n) is 6.58. The topological polar surface area (TPSA) is 26.3 Å². The Balaban J connectivity index is 1.92. The minimum atomic E-state index is -0.193. The van der Waals surface area contributed by atoms with Gasteiger partial charge in [-0.1, -0.05) is 33.1 Å². The lowest BCUT2D eigenvalue weighted by Crippen LogP contribution is -2.30. The Labute approximate surface area is 111 Å². The molecule has 0 N–H and O–H groups in total. The van der Waals surface area contributed by atoms with Crippen LogP contribution in [0.2, 0.25) is 0 Å². The van der Waals surface area contributed by atoms with Crippen LogP contribution in [0, 0.1) is 11.3 Å². The number of ketones is 1. The summed E-state index contributed by atoms with van der Waals surface area (Å²) < 4.78 is 5.96. The van der Waals surface area contributed by atoms with Gasteiger partial charge in [-0.05, 0) is 32.1 Å². The van der Waals surface area contributed by atoms with Crippen molar-refractivity contribution < 1.29 is 9.53 Å². The number of hydrogen-bond donors (Lipinski definition) is 0. The van der Waals surface area contributed by atoms with Crippen LogP contribution in [-0.4, -0.2) is 12.4 Å². The highest BCUT2D eigenvalue weighted by molar-refractivity contribution is 6.00. The van der Waals surface area contributed by atoms with Gasteiger partial charge in [0.25, 0.3) is 0 Å². The van der Waals surface area contributed by atoms with Crippen molar-refractivity contribution in [1.82, 2.24) is 0 Å². The lowest BCUT2D eigenvalue weighted by atomic mass is 9.76. The Hall–Kier alpha value is -0.790. The third kappa shape index (κ3) is 2.96. The van der Waals surface area contributed by atoms with Crippen molar-refractivity contribution in [3.8, 4) is 0 Å². The Morgan fingerprint density at radius 3 is 2.56 bits per heavy atom. The molecule has 0 unspecified atom stereocenters. The Kier molecular flexibility index (Phi) is 4.14. The molecule has 0 radical (unpaired) electrons. The van der Waals surface area contributed by atoms with Gasteiger partial charge in [-0.3, -0.25) is 4.79 Å². The molecule has 102 valence electrons. The van der Waals surface area contributed by atoms with Crippen molar-refractivity contribution in [3.05, 3.63) is 11.3 Å². The molecule has 18 heavy (non-hydrogen) atoms. The van der Waals surface area contributed by atoms with Crippen LogP contribution in [0.15, 0.2) is 11.3 Å². The van der Waals surface area contributed by atoms with Gasteiger partial charge < -0.3 is 4.74 Å². The van der Waals surface area contributed by atoms with E-state index in [4.69, 9.17) is 4.74 Å². The van der Waals surface area contributed by atoms with Crippen molar-refractivity contribution in [1.29, 1.82) is 0 Å². The molecule has 0 saturated heterocycles. The molecule has 1 saturated carbocycles. The van der Waals surface area contributed by atoms with Crippen LogP contribution in [0.1, 0.15) is 65.7 Å². The van der Waals surface area contributed by atoms with Gasteiger partial charge in [0, 0.05) is 17.4 Å². The van der Waals surface area contributed by atoms with Gasteiger partial charge in [-0.2, -0.15) is 0 Å². The highest BCUT2D eigenvalue weighted by Crippen LogP contribution is 2.36. The summed E-state index contributed by atoms with van der Waals surface area (Å²) in [6, 6.07) is 0. The zero-order valence-corrected chi connectivity index (χ0v) is 12.1. The van der Waals surface area contributed by atoms with Gasteiger partial charge in [0.1, 0.15) is 5.76 Å². The number of ether oxygens (including phenoxy) is 1. The summed E-state index contributed by atoms with van der Waals surface area (Å²) in [6.45, 7) is 6.83. The van der Waals surface area contributed by atoms with E-state index in [1.165, 1.54) is 32.1 Å². The van der Waals surface area contributed by atoms with Crippen molar-refractivity contribution in [2.75, 3.05) is 6.61 Å². The largest absolute Gasteiger partial charge is 0.497 e. The lowest BCUT2D eigenvalue weighted by Gasteiger charge is -2.31. The maximum absolute atomic E-state index is 12.2. The Morgan fingerprint density at radius 2 is 1.89 bits per heavy atom. The van der Waals surface area contributed by atoms with Crippen LogP contribution in [-0.2, 0) is 9.53 Å². The molecule has 2 nitrogen and oxygen atoms in total. The normalized spacial score (nSPS) is 25.4. The first kappa shape index (κ1) is 13.6. The summed E-state index contributed by atoms with van der Waals surface area (Å²) in [4.78, 5) is 12.2. The molecule has 0 bridgehead atoms. The third-order valence-electron chi connectivity index (χ3n) is 4.57. The third-order valence-corrected chi connectivity index (χ3v) is 4.57. The molecular formula is C16H26O2. The van der Waals surface area contributed by atoms with Crippen LogP contribution < -0.4 is 0 Å². The first-order valence-corrected chi connectivity index (χ1v) is 7.38. The van der Waals surface area contributed by atoms with E-state index < -0.39 is 0 Å². The van der Waals surface area contributed by atoms with Crippen LogP contribution in [0.25, 0.3) is 0 Å². The average molecular weight is 250 g/mol. The fraction of sp³-hybridized carbons (Fsp3) is 0.812. The fourth-order valence-electron chi connectivity index (χ4n) is 3.11. The first-order valence-electron chi connectivity index (χ1n) is 7.38. The van der Waals surface area contributed by atoms with E-state index in [1.807, 2.05) is 20.8 Å². The molecule has 2 rings (SSSR count). The van der Waals surface area contributed by atoms with Crippen LogP contribution in [0.4, 0.5) is 0 Å². The number of allylic oxidation sites excluding steroid dienone is 2. The standard InChI is InChI=1S/C16H26O2/c1-12-14(9-10-16(2,3)15(12)17)18-11-13-7-5-4-6-8-13/h13H,4-11H2,1-3H3. The summed E-state index contributed by atoms with van der Waals surface area (Å²) in [6.07, 6.45) is 8.51. The van der Waals surface area contributed by atoms with E-state index >= 15 is 0 Å². The molecule has 0 aromatic heterocycles. The molecule has 2 aliphatic rings. The number of carbonyl (C=O) groups is 1. The van der Waals surface area contributed by atoms with Crippen LogP contribution >= 0.6 is 0 Å². The van der Waals surface area contributed by atoms with E-state index in [0.29, 0.717) is 5.92 Å². The van der Waals surface area contributed by atoms with E-state index in [2.05, 4.69) is 0 Å². The quantitative estimate of drug-likeness (QED) is 0.748. The number of rotatable bonds is 3. The summed E-state index contributed by atoms with van der Waals surface area (Å²) in [5, 5.41) is 0. The maximum Gasteiger partial charge on any atom is 0.167 e. The van der Waals surface area contributed by atoms with E-state index in [-0.39, 0.29) is 11.2 Å². The molecule has 0 atom stereocenters. The van der Waals surface area contributed by atoms with Crippen molar-refractivity contribution in [2.45, 2.75) is 65.7 Å². The van der Waals surface area contributed by atoms with Crippen molar-refractivity contribution >= 4 is 5.78 Å². The van der Waals surface area contributed by atoms with E-state index in [1.54, 1.807) is 0 Å². The Bertz CT molecular complexity index is 346. The Morgan fingerprint density at radius 1 is 1.22 bits per heavy atom. The number of carbonyl (C=O) groups excluding carboxylic acids is 1. The second-order valence-corrected chi connectivity index (χ2v) is 6.58. The zero-order valence-electron chi connectivity index (χ0n) is 12.1. The lowest BCUT2D eigenvalue weighted by molar-refractivity contribution is -0.124. The van der Waals surface area contributed by atoms with Gasteiger partial charge in [0.15, 0.2) is 5.78 Å².